The lowest BCUT2D eigenvalue weighted by molar-refractivity contribution is -0.384. The lowest BCUT2D eigenvalue weighted by Gasteiger charge is -2.06. The summed E-state index contributed by atoms with van der Waals surface area (Å²) in [5.41, 5.74) is 4.04. The van der Waals surface area contributed by atoms with Gasteiger partial charge in [0.25, 0.3) is 11.6 Å². The molecule has 0 heterocycles. The average Bonchev–Trinajstić information content (AvgIpc) is 2.51. The molecule has 124 valence electrons. The molecule has 6 nitrogen and oxygen atoms in total. The molecule has 0 saturated carbocycles. The molecule has 23 heavy (non-hydrogen) atoms. The topological polar surface area (TPSA) is 84.6 Å². The molecule has 0 unspecified atom stereocenters. The molecule has 0 bridgehead atoms. The van der Waals surface area contributed by atoms with Gasteiger partial charge in [-0.1, -0.05) is 18.6 Å². The van der Waals surface area contributed by atoms with Crippen molar-refractivity contribution in [1.82, 2.24) is 5.43 Å². The maximum Gasteiger partial charge on any atom is 0.271 e. The smallest absolute Gasteiger partial charge is 0.267 e. The second kappa shape index (κ2) is 9.50. The van der Waals surface area contributed by atoms with E-state index in [-0.39, 0.29) is 11.6 Å². The van der Waals surface area contributed by atoms with Crippen molar-refractivity contribution in [2.24, 2.45) is 11.0 Å². The van der Waals surface area contributed by atoms with Crippen molar-refractivity contribution >= 4 is 17.8 Å². The number of nitro groups is 1. The summed E-state index contributed by atoms with van der Waals surface area (Å²) >= 11 is 0. The number of amides is 1. The van der Waals surface area contributed by atoms with Crippen LogP contribution in [0.3, 0.4) is 0 Å². The summed E-state index contributed by atoms with van der Waals surface area (Å²) in [6.45, 7) is 6.31. The van der Waals surface area contributed by atoms with Crippen molar-refractivity contribution in [3.05, 3.63) is 51.6 Å². The third kappa shape index (κ3) is 7.35. The number of non-ortho nitro benzene ring substituents is 1. The van der Waals surface area contributed by atoms with Gasteiger partial charge in [-0.05, 0) is 51.2 Å². The van der Waals surface area contributed by atoms with Crippen molar-refractivity contribution in [3.8, 4) is 0 Å². The highest BCUT2D eigenvalue weighted by Crippen LogP contribution is 2.12. The molecular formula is C17H23N3O3. The molecule has 0 aromatic heterocycles. The summed E-state index contributed by atoms with van der Waals surface area (Å²) in [6.07, 6.45) is 6.82. The average molecular weight is 317 g/mol. The highest BCUT2D eigenvalue weighted by atomic mass is 16.6. The van der Waals surface area contributed by atoms with Crippen LogP contribution in [0.15, 0.2) is 41.0 Å². The molecule has 1 aromatic carbocycles. The zero-order valence-electron chi connectivity index (χ0n) is 13.8. The van der Waals surface area contributed by atoms with Crippen LogP contribution >= 0.6 is 0 Å². The molecule has 0 aliphatic carbocycles. The number of nitro benzene ring substituents is 1. The van der Waals surface area contributed by atoms with E-state index in [2.05, 4.69) is 37.4 Å². The largest absolute Gasteiger partial charge is 0.271 e. The molecule has 0 saturated heterocycles. The summed E-state index contributed by atoms with van der Waals surface area (Å²) < 4.78 is 0. The molecule has 0 spiro atoms. The van der Waals surface area contributed by atoms with Crippen molar-refractivity contribution in [1.29, 1.82) is 0 Å². The predicted octanol–water partition coefficient (Wildman–Crippen LogP) is 4.08. The van der Waals surface area contributed by atoms with Crippen LogP contribution in [0, 0.1) is 16.0 Å². The maximum absolute atomic E-state index is 11.8. The van der Waals surface area contributed by atoms with E-state index in [1.807, 2.05) is 0 Å². The minimum atomic E-state index is -0.504. The minimum absolute atomic E-state index is 0.0461. The highest BCUT2D eigenvalue weighted by Gasteiger charge is 2.08. The number of hydrazone groups is 1. The minimum Gasteiger partial charge on any atom is -0.267 e. The summed E-state index contributed by atoms with van der Waals surface area (Å²) in [5, 5.41) is 14.5. The van der Waals surface area contributed by atoms with E-state index in [0.29, 0.717) is 11.5 Å². The predicted molar refractivity (Wildman–Crippen MR) is 91.5 cm³/mol. The van der Waals surface area contributed by atoms with Gasteiger partial charge in [0.2, 0.25) is 0 Å². The van der Waals surface area contributed by atoms with E-state index >= 15 is 0 Å². The Hall–Kier alpha value is -2.50. The van der Waals surface area contributed by atoms with E-state index in [1.54, 1.807) is 6.21 Å². The maximum atomic E-state index is 11.8. The molecule has 1 rings (SSSR count). The molecular weight excluding hydrogens is 294 g/mol. The summed E-state index contributed by atoms with van der Waals surface area (Å²) in [4.78, 5) is 21.9. The van der Waals surface area contributed by atoms with Gasteiger partial charge in [0.05, 0.1) is 4.92 Å². The second-order valence-corrected chi connectivity index (χ2v) is 5.76. The van der Waals surface area contributed by atoms with Crippen molar-refractivity contribution < 1.29 is 9.72 Å². The first-order valence-electron chi connectivity index (χ1n) is 7.60. The zero-order chi connectivity index (χ0) is 17.2. The Bertz CT molecular complexity index is 588. The first-order chi connectivity index (χ1) is 10.9. The molecule has 1 amide bonds. The molecule has 1 atom stereocenters. The second-order valence-electron chi connectivity index (χ2n) is 5.76. The van der Waals surface area contributed by atoms with E-state index in [1.165, 1.54) is 29.8 Å². The molecule has 0 fully saturated rings. The standard InChI is InChI=1S/C17H23N3O3/c1-13(2)5-4-6-14(3)11-12-18-19-17(21)15-7-9-16(10-8-15)20(22)23/h5,7-10,12,14H,4,6,11H2,1-3H3,(H,19,21)/b18-12+/t14-/m0/s1. The summed E-state index contributed by atoms with van der Waals surface area (Å²) in [5.74, 6) is 0.110. The Kier molecular flexibility index (Phi) is 7.66. The first-order valence-corrected chi connectivity index (χ1v) is 7.60. The van der Waals surface area contributed by atoms with Gasteiger partial charge >= 0.3 is 0 Å². The SMILES string of the molecule is CC(C)=CCC[C@H](C)C/C=N/NC(=O)c1ccc([N+](=O)[O-])cc1. The fraction of sp³-hybridized carbons (Fsp3) is 0.412. The van der Waals surface area contributed by atoms with Gasteiger partial charge in [-0.2, -0.15) is 5.10 Å². The third-order valence-corrected chi connectivity index (χ3v) is 3.32. The van der Waals surface area contributed by atoms with Crippen molar-refractivity contribution in [2.45, 2.75) is 40.0 Å². The molecule has 0 aliphatic heterocycles. The van der Waals surface area contributed by atoms with E-state index in [9.17, 15) is 14.9 Å². The van der Waals surface area contributed by atoms with Crippen LogP contribution in [0.5, 0.6) is 0 Å². The van der Waals surface area contributed by atoms with Gasteiger partial charge in [-0.25, -0.2) is 5.43 Å². The fourth-order valence-corrected chi connectivity index (χ4v) is 1.91. The van der Waals surface area contributed by atoms with Crippen LogP contribution in [0.4, 0.5) is 5.69 Å². The zero-order valence-corrected chi connectivity index (χ0v) is 13.8. The number of rotatable bonds is 8. The molecule has 0 aliphatic rings. The monoisotopic (exact) mass is 317 g/mol. The Morgan fingerprint density at radius 2 is 2.00 bits per heavy atom. The molecule has 1 aromatic rings. The van der Waals surface area contributed by atoms with Crippen molar-refractivity contribution in [3.63, 3.8) is 0 Å². The number of benzene rings is 1. The van der Waals surface area contributed by atoms with Crippen LogP contribution in [-0.2, 0) is 0 Å². The summed E-state index contributed by atoms with van der Waals surface area (Å²) in [7, 11) is 0. The number of hydrogen-bond acceptors (Lipinski definition) is 4. The first kappa shape index (κ1) is 18.5. The van der Waals surface area contributed by atoms with Gasteiger partial charge in [0, 0.05) is 23.9 Å². The van der Waals surface area contributed by atoms with Crippen LogP contribution in [0.1, 0.15) is 50.4 Å². The summed E-state index contributed by atoms with van der Waals surface area (Å²) in [6, 6.07) is 5.41. The Morgan fingerprint density at radius 3 is 2.57 bits per heavy atom. The van der Waals surface area contributed by atoms with E-state index < -0.39 is 4.92 Å². The van der Waals surface area contributed by atoms with Gasteiger partial charge < -0.3 is 0 Å². The Labute approximate surface area is 136 Å². The van der Waals surface area contributed by atoms with Crippen molar-refractivity contribution in [2.75, 3.05) is 0 Å². The van der Waals surface area contributed by atoms with Crippen LogP contribution < -0.4 is 5.43 Å². The van der Waals surface area contributed by atoms with Crippen LogP contribution in [0.25, 0.3) is 0 Å². The van der Waals surface area contributed by atoms with Gasteiger partial charge in [0.1, 0.15) is 0 Å². The molecule has 0 radical (unpaired) electrons. The number of allylic oxidation sites excluding steroid dienone is 2. The fourth-order valence-electron chi connectivity index (χ4n) is 1.91. The number of hydrogen-bond donors (Lipinski definition) is 1. The lowest BCUT2D eigenvalue weighted by Crippen LogP contribution is -2.17. The Balaban J connectivity index is 2.37. The molecule has 6 heteroatoms. The number of nitrogens with zero attached hydrogens (tertiary/aromatic N) is 2. The van der Waals surface area contributed by atoms with E-state index in [4.69, 9.17) is 0 Å². The van der Waals surface area contributed by atoms with Gasteiger partial charge in [0.15, 0.2) is 0 Å². The van der Waals surface area contributed by atoms with Crippen LogP contribution in [-0.4, -0.2) is 17.0 Å². The van der Waals surface area contributed by atoms with Gasteiger partial charge in [-0.3, -0.25) is 14.9 Å². The normalized spacial score (nSPS) is 12.0. The number of nitrogens with one attached hydrogen (secondary N) is 1. The number of carbonyl (C=O) groups excluding carboxylic acids is 1. The molecule has 1 N–H and O–H groups in total. The van der Waals surface area contributed by atoms with E-state index in [0.717, 1.165) is 19.3 Å². The lowest BCUT2D eigenvalue weighted by atomic mass is 10.0. The quantitative estimate of drug-likeness (QED) is 0.339. The highest BCUT2D eigenvalue weighted by molar-refractivity contribution is 5.94. The van der Waals surface area contributed by atoms with Crippen LogP contribution in [0.2, 0.25) is 0 Å². The Morgan fingerprint density at radius 1 is 1.35 bits per heavy atom. The number of carbonyl (C=O) groups is 1. The third-order valence-electron chi connectivity index (χ3n) is 3.32. The van der Waals surface area contributed by atoms with Gasteiger partial charge in [-0.15, -0.1) is 0 Å².